The largest absolute Gasteiger partial charge is 0.466 e. The van der Waals surface area contributed by atoms with Crippen molar-refractivity contribution in [2.45, 2.75) is 43.2 Å². The molecule has 1 atom stereocenters. The van der Waals surface area contributed by atoms with E-state index < -0.39 is 0 Å². The summed E-state index contributed by atoms with van der Waals surface area (Å²) in [5.41, 5.74) is 1.83. The summed E-state index contributed by atoms with van der Waals surface area (Å²) in [5.74, 6) is 0.547. The Kier molecular flexibility index (Phi) is 11.4. The first-order valence-corrected chi connectivity index (χ1v) is 13.8. The van der Waals surface area contributed by atoms with Crippen LogP contribution in [0.2, 0.25) is 10.0 Å². The fourth-order valence-electron chi connectivity index (χ4n) is 3.45. The predicted molar refractivity (Wildman–Crippen MR) is 137 cm³/mol. The van der Waals surface area contributed by atoms with E-state index >= 15 is 0 Å². The summed E-state index contributed by atoms with van der Waals surface area (Å²) in [4.78, 5) is 30.5. The van der Waals surface area contributed by atoms with Crippen molar-refractivity contribution in [2.24, 2.45) is 0 Å². The number of ether oxygens (including phenoxy) is 2. The first-order chi connectivity index (χ1) is 16.4. The molecule has 1 saturated heterocycles. The molecule has 3 rings (SSSR count). The van der Waals surface area contributed by atoms with Crippen LogP contribution >= 0.6 is 46.3 Å². The van der Waals surface area contributed by atoms with E-state index in [1.807, 2.05) is 23.6 Å². The Morgan fingerprint density at radius 3 is 3.00 bits per heavy atom. The molecule has 1 aliphatic rings. The van der Waals surface area contributed by atoms with Crippen molar-refractivity contribution in [3.05, 3.63) is 44.9 Å². The maximum Gasteiger partial charge on any atom is 0.311 e. The van der Waals surface area contributed by atoms with Crippen molar-refractivity contribution in [2.75, 3.05) is 38.6 Å². The molecule has 7 nitrogen and oxygen atoms in total. The van der Waals surface area contributed by atoms with E-state index in [0.29, 0.717) is 36.2 Å². The second-order valence-electron chi connectivity index (χ2n) is 7.82. The minimum atomic E-state index is -0.263. The number of hydrogen-bond acceptors (Lipinski definition) is 8. The summed E-state index contributed by atoms with van der Waals surface area (Å²) in [6, 6.07) is 5.68. The van der Waals surface area contributed by atoms with E-state index in [2.05, 4.69) is 15.2 Å². The van der Waals surface area contributed by atoms with E-state index in [4.69, 9.17) is 32.7 Å². The zero-order chi connectivity index (χ0) is 24.3. The summed E-state index contributed by atoms with van der Waals surface area (Å²) in [5, 5.41) is 5.97. The van der Waals surface area contributed by atoms with E-state index in [-0.39, 0.29) is 24.4 Å². The zero-order valence-electron chi connectivity index (χ0n) is 19.1. The van der Waals surface area contributed by atoms with Crippen LogP contribution < -0.4 is 5.32 Å². The van der Waals surface area contributed by atoms with E-state index in [9.17, 15) is 9.59 Å². The molecule has 1 amide bonds. The van der Waals surface area contributed by atoms with Crippen LogP contribution in [0.1, 0.15) is 31.0 Å². The van der Waals surface area contributed by atoms with E-state index in [0.717, 1.165) is 47.4 Å². The number of morpholine rings is 1. The molecular weight excluding hydrogens is 517 g/mol. The summed E-state index contributed by atoms with van der Waals surface area (Å²) in [6.45, 7) is 5.62. The highest BCUT2D eigenvalue weighted by Crippen LogP contribution is 2.25. The van der Waals surface area contributed by atoms with Gasteiger partial charge in [-0.1, -0.05) is 41.0 Å². The number of nitrogens with zero attached hydrogens (tertiary/aromatic N) is 2. The van der Waals surface area contributed by atoms with E-state index in [1.165, 1.54) is 11.3 Å². The highest BCUT2D eigenvalue weighted by molar-refractivity contribution is 8.01. The quantitative estimate of drug-likeness (QED) is 0.240. The maximum atomic E-state index is 12.2. The van der Waals surface area contributed by atoms with Gasteiger partial charge < -0.3 is 14.8 Å². The highest BCUT2D eigenvalue weighted by atomic mass is 35.5. The van der Waals surface area contributed by atoms with Gasteiger partial charge in [-0.15, -0.1) is 11.3 Å². The number of carbonyl (C=O) groups is 2. The number of esters is 1. The number of halogens is 2. The molecule has 34 heavy (non-hydrogen) atoms. The predicted octanol–water partition coefficient (Wildman–Crippen LogP) is 4.45. The van der Waals surface area contributed by atoms with Gasteiger partial charge in [-0.3, -0.25) is 14.5 Å². The molecule has 1 aromatic heterocycles. The van der Waals surface area contributed by atoms with Crippen molar-refractivity contribution in [1.29, 1.82) is 0 Å². The molecule has 0 saturated carbocycles. The SMILES string of the molecule is CCOC(=O)Cc1csc(SCCCC(=O)NC[C@H]2CN(Cc3ccc(Cl)c(Cl)c3)CCO2)n1. The Morgan fingerprint density at radius 1 is 1.35 bits per heavy atom. The average Bonchev–Trinajstić information content (AvgIpc) is 3.25. The molecule has 1 aromatic carbocycles. The topological polar surface area (TPSA) is 80.8 Å². The van der Waals surface area contributed by atoms with Crippen LogP contribution in [0.25, 0.3) is 0 Å². The molecule has 1 N–H and O–H groups in total. The normalized spacial score (nSPS) is 16.4. The number of thiazole rings is 1. The van der Waals surface area contributed by atoms with Crippen molar-refractivity contribution >= 4 is 58.2 Å². The van der Waals surface area contributed by atoms with E-state index in [1.54, 1.807) is 18.7 Å². The van der Waals surface area contributed by atoms with Gasteiger partial charge in [0.05, 0.1) is 41.5 Å². The maximum absolute atomic E-state index is 12.2. The van der Waals surface area contributed by atoms with Crippen molar-refractivity contribution < 1.29 is 19.1 Å². The van der Waals surface area contributed by atoms with Gasteiger partial charge in [0.2, 0.25) is 5.91 Å². The van der Waals surface area contributed by atoms with Gasteiger partial charge in [0.15, 0.2) is 0 Å². The smallest absolute Gasteiger partial charge is 0.311 e. The van der Waals surface area contributed by atoms with Crippen LogP contribution in [0.5, 0.6) is 0 Å². The highest BCUT2D eigenvalue weighted by Gasteiger charge is 2.21. The summed E-state index contributed by atoms with van der Waals surface area (Å²) in [6.07, 6.45) is 1.36. The molecule has 0 spiro atoms. The fraction of sp³-hybridized carbons (Fsp3) is 0.522. The number of rotatable bonds is 12. The number of nitrogens with one attached hydrogen (secondary N) is 1. The number of thioether (sulfide) groups is 1. The average molecular weight is 547 g/mol. The second kappa shape index (κ2) is 14.3. The first-order valence-electron chi connectivity index (χ1n) is 11.2. The molecule has 186 valence electrons. The Balaban J connectivity index is 1.30. The molecule has 0 radical (unpaired) electrons. The van der Waals surface area contributed by atoms with Crippen molar-refractivity contribution in [3.63, 3.8) is 0 Å². The molecule has 1 aliphatic heterocycles. The summed E-state index contributed by atoms with van der Waals surface area (Å²) >= 11 is 15.2. The van der Waals surface area contributed by atoms with Crippen molar-refractivity contribution in [3.8, 4) is 0 Å². The molecule has 1 fully saturated rings. The van der Waals surface area contributed by atoms with Gasteiger partial charge in [-0.25, -0.2) is 4.98 Å². The van der Waals surface area contributed by atoms with Gasteiger partial charge >= 0.3 is 5.97 Å². The molecule has 0 bridgehead atoms. The van der Waals surface area contributed by atoms with Crippen molar-refractivity contribution in [1.82, 2.24) is 15.2 Å². The standard InChI is InChI=1S/C23H29Cl2N3O4S2/c1-2-31-22(30)11-17-15-34-23(27-17)33-9-3-4-21(29)26-12-18-14-28(7-8-32-18)13-16-5-6-19(24)20(25)10-16/h5-6,10,15,18H,2-4,7-9,11-14H2,1H3,(H,26,29)/t18-/m0/s1. The Morgan fingerprint density at radius 2 is 2.21 bits per heavy atom. The minimum Gasteiger partial charge on any atom is -0.466 e. The van der Waals surface area contributed by atoms with Gasteiger partial charge in [0, 0.05) is 43.7 Å². The lowest BCUT2D eigenvalue weighted by Crippen LogP contribution is -2.47. The molecule has 11 heteroatoms. The fourth-order valence-corrected chi connectivity index (χ4v) is 5.62. The van der Waals surface area contributed by atoms with Crippen LogP contribution in [0.4, 0.5) is 0 Å². The Hall–Kier alpha value is -1.36. The third kappa shape index (κ3) is 9.36. The second-order valence-corrected chi connectivity index (χ2v) is 10.8. The molecule has 0 unspecified atom stereocenters. The summed E-state index contributed by atoms with van der Waals surface area (Å²) in [7, 11) is 0. The van der Waals surface area contributed by atoms with Gasteiger partial charge in [0.25, 0.3) is 0 Å². The Bertz CT molecular complexity index is 960. The Labute approximate surface area is 218 Å². The summed E-state index contributed by atoms with van der Waals surface area (Å²) < 4.78 is 11.7. The molecule has 2 heterocycles. The van der Waals surface area contributed by atoms with Crippen LogP contribution in [0.15, 0.2) is 27.9 Å². The monoisotopic (exact) mass is 545 g/mol. The number of amides is 1. The lowest BCUT2D eigenvalue weighted by atomic mass is 10.2. The van der Waals surface area contributed by atoms with Crippen LogP contribution in [0, 0.1) is 0 Å². The number of benzene rings is 1. The first kappa shape index (κ1) is 27.2. The van der Waals surface area contributed by atoms with Crippen LogP contribution in [-0.2, 0) is 32.0 Å². The molecule has 0 aliphatic carbocycles. The number of aromatic nitrogens is 1. The van der Waals surface area contributed by atoms with Gasteiger partial charge in [-0.2, -0.15) is 0 Å². The van der Waals surface area contributed by atoms with Gasteiger partial charge in [-0.05, 0) is 31.0 Å². The zero-order valence-corrected chi connectivity index (χ0v) is 22.2. The lowest BCUT2D eigenvalue weighted by molar-refractivity contribution is -0.142. The minimum absolute atomic E-state index is 0.0212. The lowest BCUT2D eigenvalue weighted by Gasteiger charge is -2.33. The number of hydrogen-bond donors (Lipinski definition) is 1. The van der Waals surface area contributed by atoms with Gasteiger partial charge in [0.1, 0.15) is 4.34 Å². The number of carbonyl (C=O) groups excluding carboxylic acids is 2. The van der Waals surface area contributed by atoms with Crippen LogP contribution in [-0.4, -0.2) is 66.5 Å². The third-order valence-electron chi connectivity index (χ3n) is 5.08. The third-order valence-corrected chi connectivity index (χ3v) is 7.97. The molecule has 2 aromatic rings. The van der Waals surface area contributed by atoms with Crippen LogP contribution in [0.3, 0.4) is 0 Å². The molecular formula is C23H29Cl2N3O4S2.